The second kappa shape index (κ2) is 7.98. The van der Waals surface area contributed by atoms with Crippen LogP contribution >= 0.6 is 27.5 Å². The van der Waals surface area contributed by atoms with Crippen LogP contribution in [0, 0.1) is 0 Å². The molecule has 6 heteroatoms. The van der Waals surface area contributed by atoms with Crippen molar-refractivity contribution >= 4 is 33.5 Å². The fourth-order valence-electron chi connectivity index (χ4n) is 2.88. The summed E-state index contributed by atoms with van der Waals surface area (Å²) in [6.07, 6.45) is 0.453. The maximum atomic E-state index is 11.1. The highest BCUT2D eigenvalue weighted by atomic mass is 79.9. The van der Waals surface area contributed by atoms with Crippen LogP contribution in [0.15, 0.2) is 59.1 Å². The Balaban J connectivity index is 2.19. The molecule has 2 aromatic carbocycles. The van der Waals surface area contributed by atoms with E-state index in [1.165, 1.54) is 0 Å². The van der Waals surface area contributed by atoms with E-state index in [9.17, 15) is 4.79 Å². The molecule has 4 nitrogen and oxygen atoms in total. The predicted octanol–water partition coefficient (Wildman–Crippen LogP) is 5.59. The third kappa shape index (κ3) is 3.94. The number of rotatable bonds is 6. The molecular weight excluding hydrogens is 418 g/mol. The van der Waals surface area contributed by atoms with Crippen molar-refractivity contribution < 1.29 is 14.6 Å². The van der Waals surface area contributed by atoms with Gasteiger partial charge in [0.05, 0.1) is 24.9 Å². The van der Waals surface area contributed by atoms with Crippen molar-refractivity contribution in [3.8, 4) is 22.7 Å². The molecule has 3 rings (SSSR count). The first-order valence-electron chi connectivity index (χ1n) is 8.02. The summed E-state index contributed by atoms with van der Waals surface area (Å²) < 4.78 is 8.51. The Kier molecular flexibility index (Phi) is 5.69. The van der Waals surface area contributed by atoms with Crippen molar-refractivity contribution in [3.05, 3.63) is 69.8 Å². The number of halogens is 2. The van der Waals surface area contributed by atoms with Gasteiger partial charge in [-0.05, 0) is 54.4 Å². The lowest BCUT2D eigenvalue weighted by atomic mass is 10.1. The Morgan fingerprint density at radius 1 is 1.15 bits per heavy atom. The molecule has 134 valence electrons. The van der Waals surface area contributed by atoms with E-state index < -0.39 is 5.97 Å². The number of carboxylic acid groups (broad SMARTS) is 1. The van der Waals surface area contributed by atoms with Crippen LogP contribution in [0.4, 0.5) is 0 Å². The molecule has 0 aliphatic heterocycles. The fraction of sp³-hybridized carbons (Fsp3) is 0.150. The Morgan fingerprint density at radius 3 is 2.54 bits per heavy atom. The highest BCUT2D eigenvalue weighted by Crippen LogP contribution is 2.34. The van der Waals surface area contributed by atoms with E-state index in [2.05, 4.69) is 15.9 Å². The van der Waals surface area contributed by atoms with Crippen molar-refractivity contribution in [3.63, 3.8) is 0 Å². The average Bonchev–Trinajstić information content (AvgIpc) is 3.04. The van der Waals surface area contributed by atoms with E-state index in [1.807, 2.05) is 53.1 Å². The summed E-state index contributed by atoms with van der Waals surface area (Å²) in [4.78, 5) is 11.1. The standard InChI is InChI=1S/C20H17BrClNO3/c1-26-19-10-6-15(22)12-18(19)23-16(8-11-20(24)25)7-9-17(23)13-2-4-14(21)5-3-13/h2-7,9-10,12H,8,11H2,1H3,(H,24,25). The predicted molar refractivity (Wildman–Crippen MR) is 106 cm³/mol. The minimum absolute atomic E-state index is 0.0483. The average molecular weight is 435 g/mol. The van der Waals surface area contributed by atoms with Gasteiger partial charge >= 0.3 is 5.97 Å². The van der Waals surface area contributed by atoms with Crippen LogP contribution in [0.25, 0.3) is 16.9 Å². The molecule has 0 atom stereocenters. The van der Waals surface area contributed by atoms with Gasteiger partial charge < -0.3 is 14.4 Å². The summed E-state index contributed by atoms with van der Waals surface area (Å²) in [5.74, 6) is -0.165. The number of hydrogen-bond donors (Lipinski definition) is 1. The van der Waals surface area contributed by atoms with Gasteiger partial charge in [-0.25, -0.2) is 0 Å². The highest BCUT2D eigenvalue weighted by molar-refractivity contribution is 9.10. The Hall–Kier alpha value is -2.24. The van der Waals surface area contributed by atoms with Crippen molar-refractivity contribution in [1.29, 1.82) is 0 Å². The minimum Gasteiger partial charge on any atom is -0.495 e. The summed E-state index contributed by atoms with van der Waals surface area (Å²) >= 11 is 9.67. The normalized spacial score (nSPS) is 10.7. The van der Waals surface area contributed by atoms with Crippen LogP contribution < -0.4 is 4.74 Å². The number of benzene rings is 2. The van der Waals surface area contributed by atoms with Gasteiger partial charge in [-0.1, -0.05) is 39.7 Å². The maximum Gasteiger partial charge on any atom is 0.303 e. The van der Waals surface area contributed by atoms with E-state index in [4.69, 9.17) is 21.4 Å². The molecule has 0 unspecified atom stereocenters. The zero-order valence-corrected chi connectivity index (χ0v) is 16.4. The number of nitrogens with zero attached hydrogens (tertiary/aromatic N) is 1. The van der Waals surface area contributed by atoms with Gasteiger partial charge in [0.2, 0.25) is 0 Å². The fourth-order valence-corrected chi connectivity index (χ4v) is 3.31. The summed E-state index contributed by atoms with van der Waals surface area (Å²) in [7, 11) is 1.60. The van der Waals surface area contributed by atoms with Crippen LogP contribution in [-0.4, -0.2) is 22.8 Å². The molecule has 0 spiro atoms. The van der Waals surface area contributed by atoms with Gasteiger partial charge in [0.15, 0.2) is 0 Å². The van der Waals surface area contributed by atoms with E-state index in [0.29, 0.717) is 17.2 Å². The monoisotopic (exact) mass is 433 g/mol. The molecule has 1 heterocycles. The molecular formula is C20H17BrClNO3. The van der Waals surface area contributed by atoms with Crippen LogP contribution in [0.1, 0.15) is 12.1 Å². The smallest absolute Gasteiger partial charge is 0.303 e. The topological polar surface area (TPSA) is 51.5 Å². The van der Waals surface area contributed by atoms with Crippen LogP contribution in [0.3, 0.4) is 0 Å². The zero-order valence-electron chi connectivity index (χ0n) is 14.1. The number of methoxy groups -OCH3 is 1. The quantitative estimate of drug-likeness (QED) is 0.550. The number of aliphatic carboxylic acids is 1. The van der Waals surface area contributed by atoms with Crippen molar-refractivity contribution in [1.82, 2.24) is 4.57 Å². The second-order valence-electron chi connectivity index (χ2n) is 5.76. The number of aryl methyl sites for hydroxylation is 1. The maximum absolute atomic E-state index is 11.1. The molecule has 1 N–H and O–H groups in total. The number of carbonyl (C=O) groups is 1. The first-order valence-corrected chi connectivity index (χ1v) is 9.19. The van der Waals surface area contributed by atoms with E-state index >= 15 is 0 Å². The molecule has 3 aromatic rings. The van der Waals surface area contributed by atoms with Gasteiger partial charge in [0, 0.05) is 15.2 Å². The van der Waals surface area contributed by atoms with Gasteiger partial charge in [-0.15, -0.1) is 0 Å². The SMILES string of the molecule is COc1ccc(Cl)cc1-n1c(CCC(=O)O)ccc1-c1ccc(Br)cc1. The van der Waals surface area contributed by atoms with E-state index in [0.717, 1.165) is 27.1 Å². The number of aromatic nitrogens is 1. The molecule has 0 bridgehead atoms. The molecule has 0 fully saturated rings. The molecule has 0 radical (unpaired) electrons. The molecule has 0 aliphatic carbocycles. The van der Waals surface area contributed by atoms with Crippen molar-refractivity contribution in [2.24, 2.45) is 0 Å². The van der Waals surface area contributed by atoms with Crippen molar-refractivity contribution in [2.75, 3.05) is 7.11 Å². The van der Waals surface area contributed by atoms with Gasteiger partial charge in [-0.2, -0.15) is 0 Å². The third-order valence-corrected chi connectivity index (χ3v) is 4.84. The van der Waals surface area contributed by atoms with Crippen LogP contribution in [0.5, 0.6) is 5.75 Å². The number of hydrogen-bond acceptors (Lipinski definition) is 2. The highest BCUT2D eigenvalue weighted by Gasteiger charge is 2.16. The van der Waals surface area contributed by atoms with E-state index in [1.54, 1.807) is 13.2 Å². The second-order valence-corrected chi connectivity index (χ2v) is 7.11. The lowest BCUT2D eigenvalue weighted by molar-refractivity contribution is -0.136. The largest absolute Gasteiger partial charge is 0.495 e. The van der Waals surface area contributed by atoms with E-state index in [-0.39, 0.29) is 6.42 Å². The Bertz CT molecular complexity index is 935. The summed E-state index contributed by atoms with van der Waals surface area (Å²) in [6, 6.07) is 17.3. The minimum atomic E-state index is -0.832. The summed E-state index contributed by atoms with van der Waals surface area (Å²) in [5, 5.41) is 9.66. The summed E-state index contributed by atoms with van der Waals surface area (Å²) in [6.45, 7) is 0. The molecule has 1 aromatic heterocycles. The van der Waals surface area contributed by atoms with Crippen LogP contribution in [-0.2, 0) is 11.2 Å². The molecule has 0 saturated heterocycles. The number of carboxylic acids is 1. The van der Waals surface area contributed by atoms with Gasteiger partial charge in [0.25, 0.3) is 0 Å². The van der Waals surface area contributed by atoms with Gasteiger partial charge in [0.1, 0.15) is 5.75 Å². The lowest BCUT2D eigenvalue weighted by Crippen LogP contribution is -2.06. The number of ether oxygens (including phenoxy) is 1. The Morgan fingerprint density at radius 2 is 1.88 bits per heavy atom. The van der Waals surface area contributed by atoms with Crippen LogP contribution in [0.2, 0.25) is 5.02 Å². The van der Waals surface area contributed by atoms with Gasteiger partial charge in [-0.3, -0.25) is 4.79 Å². The molecule has 0 saturated carbocycles. The summed E-state index contributed by atoms with van der Waals surface area (Å²) in [5.41, 5.74) is 3.62. The lowest BCUT2D eigenvalue weighted by Gasteiger charge is -2.17. The first-order chi connectivity index (χ1) is 12.5. The van der Waals surface area contributed by atoms with Crippen molar-refractivity contribution in [2.45, 2.75) is 12.8 Å². The molecule has 0 aliphatic rings. The molecule has 0 amide bonds. The Labute approximate surface area is 165 Å². The molecule has 26 heavy (non-hydrogen) atoms. The third-order valence-electron chi connectivity index (χ3n) is 4.08. The first kappa shape index (κ1) is 18.5. The zero-order chi connectivity index (χ0) is 18.7.